The lowest BCUT2D eigenvalue weighted by Gasteiger charge is -2.07. The Morgan fingerprint density at radius 3 is 2.42 bits per heavy atom. The van der Waals surface area contributed by atoms with Crippen molar-refractivity contribution >= 4 is 22.5 Å². The Bertz CT molecular complexity index is 760. The monoisotopic (exact) mass is 261 g/mol. The minimum Gasteiger partial charge on any atom is -0.399 e. The molecule has 3 rings (SSSR count). The van der Waals surface area contributed by atoms with E-state index in [1.54, 1.807) is 18.2 Å². The van der Waals surface area contributed by atoms with Crippen LogP contribution in [-0.4, -0.2) is 5.16 Å². The molecule has 0 aliphatic carbocycles. The van der Waals surface area contributed by atoms with Gasteiger partial charge in [-0.05, 0) is 18.2 Å². The molecule has 0 bridgehead atoms. The molecule has 96 valence electrons. The van der Waals surface area contributed by atoms with Crippen molar-refractivity contribution in [3.8, 4) is 11.1 Å². The summed E-state index contributed by atoms with van der Waals surface area (Å²) in [5, 5.41) is 3.97. The van der Waals surface area contributed by atoms with Crippen LogP contribution in [-0.2, 0) is 0 Å². The van der Waals surface area contributed by atoms with Crippen LogP contribution < -0.4 is 11.5 Å². The van der Waals surface area contributed by atoms with Gasteiger partial charge in [0.1, 0.15) is 11.6 Å². The molecule has 2 aromatic carbocycles. The summed E-state index contributed by atoms with van der Waals surface area (Å²) in [6.07, 6.45) is 0. The molecule has 0 atom stereocenters. The number of hydrogen-bond acceptors (Lipinski definition) is 4. The average Bonchev–Trinajstić information content (AvgIpc) is 2.71. The van der Waals surface area contributed by atoms with E-state index in [9.17, 15) is 8.78 Å². The van der Waals surface area contributed by atoms with Crippen LogP contribution in [0.2, 0.25) is 0 Å². The van der Waals surface area contributed by atoms with Crippen molar-refractivity contribution in [2.45, 2.75) is 0 Å². The van der Waals surface area contributed by atoms with E-state index in [1.165, 1.54) is 0 Å². The first kappa shape index (κ1) is 11.5. The van der Waals surface area contributed by atoms with Crippen LogP contribution in [0.1, 0.15) is 0 Å². The predicted molar refractivity (Wildman–Crippen MR) is 68.2 cm³/mol. The first-order chi connectivity index (χ1) is 9.08. The molecule has 1 aromatic heterocycles. The Morgan fingerprint density at radius 2 is 1.74 bits per heavy atom. The van der Waals surface area contributed by atoms with Crippen molar-refractivity contribution in [2.24, 2.45) is 0 Å². The van der Waals surface area contributed by atoms with Crippen LogP contribution in [0.4, 0.5) is 20.3 Å². The Balaban J connectivity index is 2.40. The topological polar surface area (TPSA) is 78.1 Å². The molecule has 4 N–H and O–H groups in total. The van der Waals surface area contributed by atoms with Gasteiger partial charge in [0.25, 0.3) is 0 Å². The van der Waals surface area contributed by atoms with Gasteiger partial charge in [0.2, 0.25) is 0 Å². The Labute approximate surface area is 106 Å². The lowest BCUT2D eigenvalue weighted by atomic mass is 10.00. The third-order valence-corrected chi connectivity index (χ3v) is 2.86. The smallest absolute Gasteiger partial charge is 0.175 e. The summed E-state index contributed by atoms with van der Waals surface area (Å²) in [5.74, 6) is -1.43. The molecule has 0 aliphatic heterocycles. The standard InChI is InChI=1S/C13H9F2N3O/c14-8-4-6(16)5-9(15)11(8)7-2-1-3-10-12(7)13(17)18-19-10/h1-5H,16H2,(H2,17,18). The number of nitrogens with two attached hydrogens (primary N) is 2. The van der Waals surface area contributed by atoms with E-state index in [0.717, 1.165) is 12.1 Å². The van der Waals surface area contributed by atoms with Crippen LogP contribution in [0.25, 0.3) is 22.1 Å². The maximum Gasteiger partial charge on any atom is 0.175 e. The van der Waals surface area contributed by atoms with E-state index in [-0.39, 0.29) is 22.6 Å². The van der Waals surface area contributed by atoms with Gasteiger partial charge in [-0.2, -0.15) is 0 Å². The van der Waals surface area contributed by atoms with Crippen LogP contribution in [0.5, 0.6) is 0 Å². The van der Waals surface area contributed by atoms with E-state index in [1.807, 2.05) is 0 Å². The molecule has 19 heavy (non-hydrogen) atoms. The first-order valence-corrected chi connectivity index (χ1v) is 5.46. The molecule has 0 spiro atoms. The Morgan fingerprint density at radius 1 is 1.05 bits per heavy atom. The molecule has 0 unspecified atom stereocenters. The molecule has 4 nitrogen and oxygen atoms in total. The number of hydrogen-bond donors (Lipinski definition) is 2. The number of benzene rings is 2. The molecular weight excluding hydrogens is 252 g/mol. The minimum absolute atomic E-state index is 0.0178. The quantitative estimate of drug-likeness (QED) is 0.660. The average molecular weight is 261 g/mol. The number of rotatable bonds is 1. The second kappa shape index (κ2) is 3.94. The fourth-order valence-corrected chi connectivity index (χ4v) is 2.07. The van der Waals surface area contributed by atoms with Gasteiger partial charge in [0.15, 0.2) is 11.4 Å². The zero-order chi connectivity index (χ0) is 13.6. The normalized spacial score (nSPS) is 11.1. The maximum absolute atomic E-state index is 14.0. The van der Waals surface area contributed by atoms with Crippen molar-refractivity contribution in [1.29, 1.82) is 0 Å². The second-order valence-electron chi connectivity index (χ2n) is 4.11. The molecule has 0 fully saturated rings. The Kier molecular flexibility index (Phi) is 2.38. The van der Waals surface area contributed by atoms with Gasteiger partial charge in [0.05, 0.1) is 10.9 Å². The van der Waals surface area contributed by atoms with Crippen molar-refractivity contribution in [3.63, 3.8) is 0 Å². The lowest BCUT2D eigenvalue weighted by Crippen LogP contribution is -1.95. The molecule has 0 amide bonds. The number of nitrogen functional groups attached to an aromatic ring is 2. The van der Waals surface area contributed by atoms with Crippen molar-refractivity contribution in [3.05, 3.63) is 42.0 Å². The SMILES string of the molecule is Nc1cc(F)c(-c2cccc3onc(N)c23)c(F)c1. The van der Waals surface area contributed by atoms with Crippen molar-refractivity contribution < 1.29 is 13.3 Å². The highest BCUT2D eigenvalue weighted by atomic mass is 19.1. The number of anilines is 2. The molecule has 1 heterocycles. The summed E-state index contributed by atoms with van der Waals surface area (Å²) in [4.78, 5) is 0. The molecule has 6 heteroatoms. The Hall–Kier alpha value is -2.63. The van der Waals surface area contributed by atoms with Gasteiger partial charge in [-0.25, -0.2) is 8.78 Å². The zero-order valence-corrected chi connectivity index (χ0v) is 9.65. The third kappa shape index (κ3) is 1.69. The number of fused-ring (bicyclic) bond motifs is 1. The molecule has 3 aromatic rings. The van der Waals surface area contributed by atoms with Gasteiger partial charge >= 0.3 is 0 Å². The summed E-state index contributed by atoms with van der Waals surface area (Å²) >= 11 is 0. The zero-order valence-electron chi connectivity index (χ0n) is 9.65. The van der Waals surface area contributed by atoms with Crippen LogP contribution in [0.15, 0.2) is 34.9 Å². The predicted octanol–water partition coefficient (Wildman–Crippen LogP) is 2.94. The lowest BCUT2D eigenvalue weighted by molar-refractivity contribution is 0.460. The highest BCUT2D eigenvalue weighted by Gasteiger charge is 2.18. The van der Waals surface area contributed by atoms with Gasteiger partial charge in [-0.15, -0.1) is 0 Å². The molecule has 0 radical (unpaired) electrons. The summed E-state index contributed by atoms with van der Waals surface area (Å²) in [7, 11) is 0. The van der Waals surface area contributed by atoms with E-state index in [0.29, 0.717) is 11.0 Å². The number of halogens is 2. The minimum atomic E-state index is -0.759. The van der Waals surface area contributed by atoms with Crippen molar-refractivity contribution in [1.82, 2.24) is 5.16 Å². The summed E-state index contributed by atoms with van der Waals surface area (Å²) in [6.45, 7) is 0. The van der Waals surface area contributed by atoms with Gasteiger partial charge in [-0.1, -0.05) is 17.3 Å². The summed E-state index contributed by atoms with van der Waals surface area (Å²) < 4.78 is 32.9. The van der Waals surface area contributed by atoms with Gasteiger partial charge in [-0.3, -0.25) is 0 Å². The maximum atomic E-state index is 14.0. The number of nitrogens with zero attached hydrogens (tertiary/aromatic N) is 1. The molecule has 0 aliphatic rings. The van der Waals surface area contributed by atoms with E-state index < -0.39 is 11.6 Å². The second-order valence-corrected chi connectivity index (χ2v) is 4.11. The molecule has 0 saturated carbocycles. The summed E-state index contributed by atoms with van der Waals surface area (Å²) in [6, 6.07) is 6.89. The fourth-order valence-electron chi connectivity index (χ4n) is 2.07. The van der Waals surface area contributed by atoms with E-state index in [2.05, 4.69) is 5.16 Å². The third-order valence-electron chi connectivity index (χ3n) is 2.86. The van der Waals surface area contributed by atoms with Gasteiger partial charge in [0, 0.05) is 11.3 Å². The van der Waals surface area contributed by atoms with E-state index in [4.69, 9.17) is 16.0 Å². The van der Waals surface area contributed by atoms with Crippen LogP contribution in [0.3, 0.4) is 0 Å². The largest absolute Gasteiger partial charge is 0.399 e. The van der Waals surface area contributed by atoms with E-state index >= 15 is 0 Å². The van der Waals surface area contributed by atoms with Crippen molar-refractivity contribution in [2.75, 3.05) is 11.5 Å². The van der Waals surface area contributed by atoms with Crippen LogP contribution in [0, 0.1) is 11.6 Å². The molecule has 0 saturated heterocycles. The highest BCUT2D eigenvalue weighted by Crippen LogP contribution is 2.36. The highest BCUT2D eigenvalue weighted by molar-refractivity contribution is 6.00. The van der Waals surface area contributed by atoms with Crippen LogP contribution >= 0.6 is 0 Å². The van der Waals surface area contributed by atoms with Gasteiger partial charge < -0.3 is 16.0 Å². The number of aromatic nitrogens is 1. The molecular formula is C13H9F2N3O. The fraction of sp³-hybridized carbons (Fsp3) is 0. The first-order valence-electron chi connectivity index (χ1n) is 5.46. The summed E-state index contributed by atoms with van der Waals surface area (Å²) in [5.41, 5.74) is 11.5.